The van der Waals surface area contributed by atoms with Crippen LogP contribution in [0.4, 0.5) is 23.7 Å². The van der Waals surface area contributed by atoms with E-state index in [1.54, 1.807) is 12.0 Å². The lowest BCUT2D eigenvalue weighted by atomic mass is 9.88. The van der Waals surface area contributed by atoms with E-state index in [-0.39, 0.29) is 36.3 Å². The summed E-state index contributed by atoms with van der Waals surface area (Å²) in [7, 11) is 1.70. The highest BCUT2D eigenvalue weighted by Gasteiger charge is 2.44. The summed E-state index contributed by atoms with van der Waals surface area (Å²) in [4.78, 5) is 17.0. The van der Waals surface area contributed by atoms with Gasteiger partial charge in [-0.2, -0.15) is 0 Å². The van der Waals surface area contributed by atoms with E-state index < -0.39 is 6.36 Å². The summed E-state index contributed by atoms with van der Waals surface area (Å²) in [6, 6.07) is 4.68. The lowest BCUT2D eigenvalue weighted by molar-refractivity contribution is -0.274. The van der Waals surface area contributed by atoms with Crippen molar-refractivity contribution in [3.63, 3.8) is 0 Å². The lowest BCUT2D eigenvalue weighted by Crippen LogP contribution is -2.46. The number of halogens is 3. The number of hydrogen-bond donors (Lipinski definition) is 2. The van der Waals surface area contributed by atoms with Crippen molar-refractivity contribution in [2.75, 3.05) is 45.3 Å². The van der Waals surface area contributed by atoms with Crippen LogP contribution in [-0.2, 0) is 4.74 Å². The number of nitrogens with one attached hydrogen (secondary N) is 1. The van der Waals surface area contributed by atoms with Crippen molar-refractivity contribution in [1.29, 1.82) is 0 Å². The van der Waals surface area contributed by atoms with E-state index in [0.717, 1.165) is 44.5 Å². The van der Waals surface area contributed by atoms with Crippen molar-refractivity contribution in [3.8, 4) is 5.75 Å². The molecule has 4 atom stereocenters. The van der Waals surface area contributed by atoms with E-state index >= 15 is 0 Å². The van der Waals surface area contributed by atoms with Gasteiger partial charge in [0.15, 0.2) is 0 Å². The summed E-state index contributed by atoms with van der Waals surface area (Å²) in [6.45, 7) is 4.92. The van der Waals surface area contributed by atoms with E-state index in [9.17, 15) is 23.1 Å². The van der Waals surface area contributed by atoms with Crippen molar-refractivity contribution in [1.82, 2.24) is 9.80 Å². The van der Waals surface area contributed by atoms with Gasteiger partial charge in [-0.1, -0.05) is 13.3 Å². The molecular weight excluding hydrogens is 427 g/mol. The molecule has 0 unspecified atom stereocenters. The maximum absolute atomic E-state index is 13.0. The second kappa shape index (κ2) is 10.7. The van der Waals surface area contributed by atoms with Crippen molar-refractivity contribution in [2.45, 2.75) is 44.6 Å². The third kappa shape index (κ3) is 6.05. The van der Waals surface area contributed by atoms with Crippen LogP contribution in [0.25, 0.3) is 0 Å². The highest BCUT2D eigenvalue weighted by atomic mass is 19.4. The van der Waals surface area contributed by atoms with Gasteiger partial charge in [-0.15, -0.1) is 13.2 Å². The molecule has 2 aliphatic rings. The monoisotopic (exact) mass is 459 g/mol. The molecule has 2 amide bonds. The first-order valence-corrected chi connectivity index (χ1v) is 11.0. The van der Waals surface area contributed by atoms with Gasteiger partial charge in [0.2, 0.25) is 0 Å². The number of hydrogen-bond acceptors (Lipinski definition) is 5. The number of amides is 2. The van der Waals surface area contributed by atoms with Gasteiger partial charge in [-0.3, -0.25) is 4.90 Å². The predicted octanol–water partition coefficient (Wildman–Crippen LogP) is 3.55. The number of benzene rings is 1. The molecule has 2 saturated heterocycles. The largest absolute Gasteiger partial charge is 0.573 e. The van der Waals surface area contributed by atoms with Crippen molar-refractivity contribution in [3.05, 3.63) is 24.3 Å². The molecule has 0 aliphatic carbocycles. The second-order valence-corrected chi connectivity index (χ2v) is 8.48. The van der Waals surface area contributed by atoms with Crippen molar-refractivity contribution >= 4 is 11.7 Å². The van der Waals surface area contributed by atoms with Crippen LogP contribution in [0.1, 0.15) is 26.2 Å². The Morgan fingerprint density at radius 1 is 1.28 bits per heavy atom. The van der Waals surface area contributed by atoms with Gasteiger partial charge in [-0.25, -0.2) is 4.79 Å². The Kier molecular flexibility index (Phi) is 8.24. The molecule has 2 aliphatic heterocycles. The number of nitrogens with zero attached hydrogens (tertiary/aromatic N) is 2. The maximum atomic E-state index is 13.0. The fourth-order valence-electron chi connectivity index (χ4n) is 4.96. The molecule has 0 saturated carbocycles. The van der Waals surface area contributed by atoms with Crippen molar-refractivity contribution in [2.24, 2.45) is 11.8 Å². The third-order valence-corrected chi connectivity index (χ3v) is 6.55. The molecule has 3 rings (SSSR count). The average Bonchev–Trinajstić information content (AvgIpc) is 3.33. The Hall–Kier alpha value is -2.04. The number of carbonyl (C=O) groups excluding carboxylic acids is 1. The van der Waals surface area contributed by atoms with E-state index in [4.69, 9.17) is 4.74 Å². The number of aliphatic hydroxyl groups excluding tert-OH is 1. The first kappa shape index (κ1) is 24.6. The summed E-state index contributed by atoms with van der Waals surface area (Å²) < 4.78 is 46.2. The highest BCUT2D eigenvalue weighted by molar-refractivity contribution is 5.89. The number of methoxy groups -OCH3 is 1. The molecular formula is C22H32F3N3O4. The molecule has 10 heteroatoms. The van der Waals surface area contributed by atoms with Crippen LogP contribution >= 0.6 is 0 Å². The van der Waals surface area contributed by atoms with Gasteiger partial charge < -0.3 is 24.8 Å². The number of anilines is 1. The van der Waals surface area contributed by atoms with E-state index in [1.807, 2.05) is 0 Å². The Labute approximate surface area is 186 Å². The van der Waals surface area contributed by atoms with Crippen molar-refractivity contribution < 1.29 is 32.5 Å². The molecule has 0 radical (unpaired) electrons. The molecule has 2 fully saturated rings. The molecule has 0 bridgehead atoms. The Morgan fingerprint density at radius 2 is 2.00 bits per heavy atom. The van der Waals surface area contributed by atoms with Gasteiger partial charge >= 0.3 is 12.4 Å². The van der Waals surface area contributed by atoms with Gasteiger partial charge in [0, 0.05) is 31.9 Å². The van der Waals surface area contributed by atoms with Gasteiger partial charge in [0.25, 0.3) is 0 Å². The minimum absolute atomic E-state index is 0.135. The summed E-state index contributed by atoms with van der Waals surface area (Å²) in [5.41, 5.74) is 0.359. The quantitative estimate of drug-likeness (QED) is 0.622. The summed E-state index contributed by atoms with van der Waals surface area (Å²) in [5, 5.41) is 12.9. The zero-order valence-corrected chi connectivity index (χ0v) is 18.5. The van der Waals surface area contributed by atoms with Crippen LogP contribution in [0.2, 0.25) is 0 Å². The molecule has 1 aromatic carbocycles. The fraction of sp³-hybridized carbons (Fsp3) is 0.682. The summed E-state index contributed by atoms with van der Waals surface area (Å²) in [6.07, 6.45) is -1.69. The van der Waals surface area contributed by atoms with Crippen LogP contribution in [0.5, 0.6) is 5.75 Å². The zero-order valence-electron chi connectivity index (χ0n) is 18.5. The van der Waals surface area contributed by atoms with Crippen LogP contribution < -0.4 is 10.1 Å². The fourth-order valence-corrected chi connectivity index (χ4v) is 4.96. The Morgan fingerprint density at radius 3 is 2.59 bits per heavy atom. The van der Waals surface area contributed by atoms with E-state index in [2.05, 4.69) is 21.9 Å². The Balaban J connectivity index is 1.65. The molecule has 2 heterocycles. The number of likely N-dealkylation sites (tertiary alicyclic amines) is 2. The maximum Gasteiger partial charge on any atom is 0.573 e. The SMILES string of the molecule is CC[C@@H]1CN(C(=O)Nc2ccc(OC(F)(F)F)cc2)[C@H](CO)[C@@H]1CN1CCC[C@@H]1COC. The molecule has 180 valence electrons. The minimum atomic E-state index is -4.77. The van der Waals surface area contributed by atoms with Gasteiger partial charge in [-0.05, 0) is 55.5 Å². The number of rotatable bonds is 8. The number of alkyl halides is 3. The normalized spacial score (nSPS) is 26.5. The molecule has 32 heavy (non-hydrogen) atoms. The number of urea groups is 1. The first-order valence-electron chi connectivity index (χ1n) is 11.0. The average molecular weight is 460 g/mol. The standard InChI is InChI=1S/C22H32F3N3O4/c1-3-15-11-28(20(13-29)19(15)12-27-10-4-5-17(27)14-31-2)21(30)26-16-6-8-18(9-7-16)32-22(23,24)25/h6-9,15,17,19-20,29H,3-5,10-14H2,1-2H3,(H,26,30)/t15-,17-,19-,20-/m1/s1. The lowest BCUT2D eigenvalue weighted by Gasteiger charge is -2.32. The van der Waals surface area contributed by atoms with E-state index in [0.29, 0.717) is 24.9 Å². The smallest absolute Gasteiger partial charge is 0.406 e. The van der Waals surface area contributed by atoms with Crippen LogP contribution in [-0.4, -0.2) is 79.3 Å². The summed E-state index contributed by atoms with van der Waals surface area (Å²) in [5.74, 6) is 0.0345. The molecule has 2 N–H and O–H groups in total. The third-order valence-electron chi connectivity index (χ3n) is 6.55. The van der Waals surface area contributed by atoms with E-state index in [1.165, 1.54) is 12.1 Å². The van der Waals surface area contributed by atoms with Crippen LogP contribution in [0.15, 0.2) is 24.3 Å². The minimum Gasteiger partial charge on any atom is -0.406 e. The predicted molar refractivity (Wildman–Crippen MR) is 113 cm³/mol. The van der Waals surface area contributed by atoms with Gasteiger partial charge in [0.1, 0.15) is 5.75 Å². The second-order valence-electron chi connectivity index (χ2n) is 8.48. The number of carbonyl (C=O) groups is 1. The molecule has 0 aromatic heterocycles. The number of aliphatic hydroxyl groups is 1. The highest BCUT2D eigenvalue weighted by Crippen LogP contribution is 2.35. The Bertz CT molecular complexity index is 747. The topological polar surface area (TPSA) is 74.3 Å². The van der Waals surface area contributed by atoms with Gasteiger partial charge in [0.05, 0.1) is 19.3 Å². The first-order chi connectivity index (χ1) is 15.3. The molecule has 0 spiro atoms. The number of ether oxygens (including phenoxy) is 2. The summed E-state index contributed by atoms with van der Waals surface area (Å²) >= 11 is 0. The zero-order chi connectivity index (χ0) is 23.3. The molecule has 7 nitrogen and oxygen atoms in total. The van der Waals surface area contributed by atoms with Crippen LogP contribution in [0, 0.1) is 11.8 Å². The van der Waals surface area contributed by atoms with Crippen LogP contribution in [0.3, 0.4) is 0 Å². The molecule has 1 aromatic rings.